The SMILES string of the molecule is CCOCCC(C)(C)C(=O)NCCC(N)N(C=O)C(=O)CC(C)C. The van der Waals surface area contributed by atoms with Crippen molar-refractivity contribution >= 4 is 18.2 Å². The first-order valence-corrected chi connectivity index (χ1v) is 8.53. The molecule has 0 spiro atoms. The van der Waals surface area contributed by atoms with Gasteiger partial charge in [-0.25, -0.2) is 0 Å². The molecule has 3 N–H and O–H groups in total. The molecule has 0 radical (unpaired) electrons. The maximum atomic E-state index is 12.2. The summed E-state index contributed by atoms with van der Waals surface area (Å²) in [5, 5.41) is 2.81. The number of nitrogens with zero attached hydrogens (tertiary/aromatic N) is 1. The standard InChI is InChI=1S/C17H33N3O4/c1-6-24-10-8-17(4,5)16(23)19-9-7-14(18)20(12-21)15(22)11-13(2)3/h12-14H,6-11,18H2,1-5H3,(H,19,23). The van der Waals surface area contributed by atoms with Crippen LogP contribution in [0.5, 0.6) is 0 Å². The molecule has 0 heterocycles. The van der Waals surface area contributed by atoms with E-state index < -0.39 is 11.6 Å². The Morgan fingerprint density at radius 3 is 2.46 bits per heavy atom. The Kier molecular flexibility index (Phi) is 10.5. The summed E-state index contributed by atoms with van der Waals surface area (Å²) in [5.41, 5.74) is 5.36. The summed E-state index contributed by atoms with van der Waals surface area (Å²) in [6.45, 7) is 10.9. The number of nitrogens with one attached hydrogen (secondary N) is 1. The highest BCUT2D eigenvalue weighted by molar-refractivity contribution is 5.86. The van der Waals surface area contributed by atoms with Crippen LogP contribution < -0.4 is 11.1 Å². The van der Waals surface area contributed by atoms with E-state index in [1.807, 2.05) is 34.6 Å². The number of carbonyl (C=O) groups is 3. The summed E-state index contributed by atoms with van der Waals surface area (Å²) in [6, 6.07) is 0. The maximum Gasteiger partial charge on any atom is 0.230 e. The van der Waals surface area contributed by atoms with Gasteiger partial charge in [-0.3, -0.25) is 19.3 Å². The molecule has 140 valence electrons. The molecule has 24 heavy (non-hydrogen) atoms. The highest BCUT2D eigenvalue weighted by atomic mass is 16.5. The van der Waals surface area contributed by atoms with Crippen molar-refractivity contribution in [2.24, 2.45) is 17.1 Å². The third-order valence-electron chi connectivity index (χ3n) is 3.76. The van der Waals surface area contributed by atoms with Gasteiger partial charge in [-0.1, -0.05) is 27.7 Å². The van der Waals surface area contributed by atoms with Crippen LogP contribution in [-0.4, -0.2) is 49.0 Å². The predicted octanol–water partition coefficient (Wildman–Crippen LogP) is 1.26. The van der Waals surface area contributed by atoms with Crippen LogP contribution in [0.1, 0.15) is 53.9 Å². The summed E-state index contributed by atoms with van der Waals surface area (Å²) in [6.07, 6.45) is 0.926. The number of hydrogen-bond acceptors (Lipinski definition) is 5. The number of ether oxygens (including phenoxy) is 1. The Balaban J connectivity index is 4.34. The van der Waals surface area contributed by atoms with Crippen LogP contribution in [0.4, 0.5) is 0 Å². The first kappa shape index (κ1) is 22.5. The smallest absolute Gasteiger partial charge is 0.230 e. The van der Waals surface area contributed by atoms with Crippen molar-refractivity contribution in [2.75, 3.05) is 19.8 Å². The lowest BCUT2D eigenvalue weighted by molar-refractivity contribution is -0.141. The molecule has 0 aromatic heterocycles. The van der Waals surface area contributed by atoms with E-state index in [1.165, 1.54) is 0 Å². The molecular weight excluding hydrogens is 310 g/mol. The number of carbonyl (C=O) groups excluding carboxylic acids is 3. The molecule has 3 amide bonds. The second kappa shape index (κ2) is 11.1. The topological polar surface area (TPSA) is 102 Å². The van der Waals surface area contributed by atoms with Crippen molar-refractivity contribution in [3.05, 3.63) is 0 Å². The average molecular weight is 343 g/mol. The van der Waals surface area contributed by atoms with Gasteiger partial charge in [0.15, 0.2) is 0 Å². The molecule has 0 fully saturated rings. The molecule has 0 aliphatic heterocycles. The van der Waals surface area contributed by atoms with E-state index in [2.05, 4.69) is 5.32 Å². The van der Waals surface area contributed by atoms with E-state index in [0.29, 0.717) is 39.0 Å². The molecule has 0 bridgehead atoms. The minimum Gasteiger partial charge on any atom is -0.382 e. The van der Waals surface area contributed by atoms with Gasteiger partial charge in [-0.05, 0) is 25.7 Å². The van der Waals surface area contributed by atoms with Crippen LogP contribution in [0.3, 0.4) is 0 Å². The lowest BCUT2D eigenvalue weighted by atomic mass is 9.88. The van der Waals surface area contributed by atoms with Crippen molar-refractivity contribution in [3.8, 4) is 0 Å². The van der Waals surface area contributed by atoms with Crippen molar-refractivity contribution < 1.29 is 19.1 Å². The summed E-state index contributed by atoms with van der Waals surface area (Å²) in [7, 11) is 0. The zero-order valence-electron chi connectivity index (χ0n) is 15.6. The van der Waals surface area contributed by atoms with Gasteiger partial charge < -0.3 is 15.8 Å². The van der Waals surface area contributed by atoms with E-state index in [0.717, 1.165) is 4.90 Å². The lowest BCUT2D eigenvalue weighted by Gasteiger charge is -2.26. The van der Waals surface area contributed by atoms with Crippen molar-refractivity contribution in [2.45, 2.75) is 60.0 Å². The molecule has 0 aliphatic rings. The third kappa shape index (κ3) is 8.40. The summed E-state index contributed by atoms with van der Waals surface area (Å²) in [4.78, 5) is 36.2. The molecular formula is C17H33N3O4. The van der Waals surface area contributed by atoms with Crippen LogP contribution >= 0.6 is 0 Å². The summed E-state index contributed by atoms with van der Waals surface area (Å²) < 4.78 is 5.28. The molecule has 1 unspecified atom stereocenters. The minimum atomic E-state index is -0.736. The largest absolute Gasteiger partial charge is 0.382 e. The highest BCUT2D eigenvalue weighted by Crippen LogP contribution is 2.20. The van der Waals surface area contributed by atoms with Gasteiger partial charge in [-0.15, -0.1) is 0 Å². The van der Waals surface area contributed by atoms with Gasteiger partial charge in [0.05, 0.1) is 6.17 Å². The Labute approximate surface area is 145 Å². The Hall–Kier alpha value is -1.47. The quantitative estimate of drug-likeness (QED) is 0.315. The van der Waals surface area contributed by atoms with Crippen molar-refractivity contribution in [3.63, 3.8) is 0 Å². The van der Waals surface area contributed by atoms with Crippen molar-refractivity contribution in [1.82, 2.24) is 10.2 Å². The summed E-state index contributed by atoms with van der Waals surface area (Å²) >= 11 is 0. The molecule has 0 aromatic rings. The molecule has 7 heteroatoms. The number of imide groups is 1. The zero-order chi connectivity index (χ0) is 18.8. The van der Waals surface area contributed by atoms with E-state index in [1.54, 1.807) is 0 Å². The Morgan fingerprint density at radius 2 is 1.96 bits per heavy atom. The van der Waals surface area contributed by atoms with Gasteiger partial charge in [0, 0.05) is 31.6 Å². The van der Waals surface area contributed by atoms with E-state index in [4.69, 9.17) is 10.5 Å². The molecule has 0 aromatic carbocycles. The summed E-state index contributed by atoms with van der Waals surface area (Å²) in [5.74, 6) is -0.241. The molecule has 0 saturated carbocycles. The van der Waals surface area contributed by atoms with Crippen molar-refractivity contribution in [1.29, 1.82) is 0 Å². The van der Waals surface area contributed by atoms with Gasteiger partial charge in [0.2, 0.25) is 18.2 Å². The van der Waals surface area contributed by atoms with Gasteiger partial charge in [0.1, 0.15) is 0 Å². The maximum absolute atomic E-state index is 12.2. The molecule has 0 aliphatic carbocycles. The third-order valence-corrected chi connectivity index (χ3v) is 3.76. The van der Waals surface area contributed by atoms with E-state index in [-0.39, 0.29) is 24.2 Å². The van der Waals surface area contributed by atoms with Crippen LogP contribution in [0, 0.1) is 11.3 Å². The number of rotatable bonds is 12. The molecule has 1 atom stereocenters. The van der Waals surface area contributed by atoms with Gasteiger partial charge in [-0.2, -0.15) is 0 Å². The van der Waals surface area contributed by atoms with Crippen LogP contribution in [0.2, 0.25) is 0 Å². The fourth-order valence-electron chi connectivity index (χ4n) is 2.07. The first-order valence-electron chi connectivity index (χ1n) is 8.53. The van der Waals surface area contributed by atoms with Gasteiger partial charge >= 0.3 is 0 Å². The highest BCUT2D eigenvalue weighted by Gasteiger charge is 2.27. The predicted molar refractivity (Wildman–Crippen MR) is 92.9 cm³/mol. The first-order chi connectivity index (χ1) is 11.2. The minimum absolute atomic E-state index is 0.0967. The number of hydrogen-bond donors (Lipinski definition) is 2. The normalized spacial score (nSPS) is 12.8. The lowest BCUT2D eigenvalue weighted by Crippen LogP contribution is -2.47. The second-order valence-corrected chi connectivity index (χ2v) is 6.95. The van der Waals surface area contributed by atoms with Crippen LogP contribution in [0.15, 0.2) is 0 Å². The van der Waals surface area contributed by atoms with E-state index >= 15 is 0 Å². The van der Waals surface area contributed by atoms with E-state index in [9.17, 15) is 14.4 Å². The average Bonchev–Trinajstić information content (AvgIpc) is 2.47. The molecule has 0 saturated heterocycles. The van der Waals surface area contributed by atoms with Crippen LogP contribution in [-0.2, 0) is 19.1 Å². The monoisotopic (exact) mass is 343 g/mol. The Bertz CT molecular complexity index is 411. The van der Waals surface area contributed by atoms with Gasteiger partial charge in [0.25, 0.3) is 0 Å². The fraction of sp³-hybridized carbons (Fsp3) is 0.824. The number of amides is 3. The molecule has 0 rings (SSSR count). The fourth-order valence-corrected chi connectivity index (χ4v) is 2.07. The Morgan fingerprint density at radius 1 is 1.33 bits per heavy atom. The zero-order valence-corrected chi connectivity index (χ0v) is 15.6. The molecule has 7 nitrogen and oxygen atoms in total. The number of nitrogens with two attached hydrogens (primary N) is 1. The second-order valence-electron chi connectivity index (χ2n) is 6.95. The van der Waals surface area contributed by atoms with Crippen LogP contribution in [0.25, 0.3) is 0 Å².